The second-order valence-electron chi connectivity index (χ2n) is 7.54. The van der Waals surface area contributed by atoms with E-state index in [-0.39, 0.29) is 18.2 Å². The van der Waals surface area contributed by atoms with Crippen molar-refractivity contribution in [3.8, 4) is 0 Å². The maximum absolute atomic E-state index is 8.34. The van der Waals surface area contributed by atoms with Gasteiger partial charge < -0.3 is 15.0 Å². The van der Waals surface area contributed by atoms with E-state index in [9.17, 15) is 0 Å². The smallest absolute Gasteiger partial charge is 0.191 e. The SMILES string of the molecule is CC(C)NC(=N)N1C[C@@H](C2CC2)O[C@@H](c2cnn(C3CC3)c2)C1. The van der Waals surface area contributed by atoms with Crippen LogP contribution >= 0.6 is 0 Å². The van der Waals surface area contributed by atoms with Gasteiger partial charge in [-0.3, -0.25) is 10.1 Å². The number of hydrogen-bond acceptors (Lipinski definition) is 3. The first-order valence-corrected chi connectivity index (χ1v) is 8.89. The van der Waals surface area contributed by atoms with E-state index in [4.69, 9.17) is 10.1 Å². The topological polar surface area (TPSA) is 66.2 Å². The molecule has 1 aliphatic heterocycles. The van der Waals surface area contributed by atoms with Crippen LogP contribution in [0.3, 0.4) is 0 Å². The summed E-state index contributed by atoms with van der Waals surface area (Å²) in [5.74, 6) is 1.19. The Balaban J connectivity index is 1.49. The molecule has 6 heteroatoms. The van der Waals surface area contributed by atoms with Crippen LogP contribution in [0.4, 0.5) is 0 Å². The van der Waals surface area contributed by atoms with Crippen molar-refractivity contribution in [1.29, 1.82) is 5.41 Å². The van der Waals surface area contributed by atoms with Gasteiger partial charge in [-0.25, -0.2) is 0 Å². The first-order valence-electron chi connectivity index (χ1n) is 8.89. The molecule has 0 amide bonds. The first kappa shape index (κ1) is 15.0. The minimum Gasteiger partial charge on any atom is -0.366 e. The van der Waals surface area contributed by atoms with Crippen molar-refractivity contribution in [1.82, 2.24) is 20.0 Å². The molecule has 2 heterocycles. The van der Waals surface area contributed by atoms with Gasteiger partial charge in [-0.1, -0.05) is 0 Å². The van der Waals surface area contributed by atoms with Gasteiger partial charge in [0, 0.05) is 24.3 Å². The summed E-state index contributed by atoms with van der Waals surface area (Å²) in [6, 6.07) is 0.879. The zero-order chi connectivity index (χ0) is 16.0. The van der Waals surface area contributed by atoms with E-state index in [1.54, 1.807) is 0 Å². The lowest BCUT2D eigenvalue weighted by atomic mass is 10.1. The Morgan fingerprint density at radius 1 is 1.30 bits per heavy atom. The van der Waals surface area contributed by atoms with Gasteiger partial charge in [-0.2, -0.15) is 5.10 Å². The largest absolute Gasteiger partial charge is 0.366 e. The third kappa shape index (κ3) is 3.37. The molecule has 1 saturated heterocycles. The normalized spacial score (nSPS) is 28.2. The summed E-state index contributed by atoms with van der Waals surface area (Å²) in [7, 11) is 0. The lowest BCUT2D eigenvalue weighted by Gasteiger charge is -2.39. The lowest BCUT2D eigenvalue weighted by molar-refractivity contribution is -0.0795. The van der Waals surface area contributed by atoms with E-state index >= 15 is 0 Å². The Kier molecular flexibility index (Phi) is 3.79. The Morgan fingerprint density at radius 3 is 2.74 bits per heavy atom. The number of nitrogens with zero attached hydrogens (tertiary/aromatic N) is 3. The van der Waals surface area contributed by atoms with E-state index in [1.165, 1.54) is 25.7 Å². The monoisotopic (exact) mass is 317 g/mol. The molecule has 0 aromatic carbocycles. The standard InChI is InChI=1S/C17H27N5O/c1-11(2)20-17(18)21-9-15(12-3-4-12)23-16(10-21)13-7-19-22(8-13)14-5-6-14/h7-8,11-12,14-16H,3-6,9-10H2,1-2H3,(H2,18,20)/t15-,16+/m0/s1. The second-order valence-corrected chi connectivity index (χ2v) is 7.54. The van der Waals surface area contributed by atoms with Crippen LogP contribution < -0.4 is 5.32 Å². The number of nitrogens with one attached hydrogen (secondary N) is 2. The van der Waals surface area contributed by atoms with Crippen LogP contribution in [0.25, 0.3) is 0 Å². The highest BCUT2D eigenvalue weighted by molar-refractivity contribution is 5.77. The van der Waals surface area contributed by atoms with Gasteiger partial charge in [0.15, 0.2) is 5.96 Å². The van der Waals surface area contributed by atoms with Crippen molar-refractivity contribution in [3.05, 3.63) is 18.0 Å². The highest BCUT2D eigenvalue weighted by Gasteiger charge is 2.40. The Labute approximate surface area is 137 Å². The summed E-state index contributed by atoms with van der Waals surface area (Å²) in [4.78, 5) is 2.14. The average molecular weight is 317 g/mol. The van der Waals surface area contributed by atoms with Crippen molar-refractivity contribution in [3.63, 3.8) is 0 Å². The van der Waals surface area contributed by atoms with Gasteiger partial charge >= 0.3 is 0 Å². The molecule has 0 spiro atoms. The van der Waals surface area contributed by atoms with Gasteiger partial charge in [-0.05, 0) is 45.4 Å². The van der Waals surface area contributed by atoms with Crippen LogP contribution in [-0.2, 0) is 4.74 Å². The fourth-order valence-corrected chi connectivity index (χ4v) is 3.31. The summed E-state index contributed by atoms with van der Waals surface area (Å²) in [5, 5.41) is 16.1. The third-order valence-electron chi connectivity index (χ3n) is 4.93. The third-order valence-corrected chi connectivity index (χ3v) is 4.93. The first-order chi connectivity index (χ1) is 11.1. The fraction of sp³-hybridized carbons (Fsp3) is 0.765. The molecule has 2 saturated carbocycles. The van der Waals surface area contributed by atoms with Crippen LogP contribution in [-0.4, -0.2) is 45.9 Å². The van der Waals surface area contributed by atoms with Crippen LogP contribution in [0.1, 0.15) is 57.2 Å². The van der Waals surface area contributed by atoms with Crippen molar-refractivity contribution >= 4 is 5.96 Å². The highest BCUT2D eigenvalue weighted by atomic mass is 16.5. The van der Waals surface area contributed by atoms with E-state index < -0.39 is 0 Å². The molecule has 0 radical (unpaired) electrons. The molecule has 1 aromatic heterocycles. The highest BCUT2D eigenvalue weighted by Crippen LogP contribution is 2.40. The van der Waals surface area contributed by atoms with Gasteiger partial charge in [0.2, 0.25) is 0 Å². The summed E-state index contributed by atoms with van der Waals surface area (Å²) in [6.45, 7) is 5.71. The van der Waals surface area contributed by atoms with Crippen molar-refractivity contribution in [2.45, 2.75) is 63.8 Å². The summed E-state index contributed by atoms with van der Waals surface area (Å²) in [5.41, 5.74) is 1.16. The molecule has 23 heavy (non-hydrogen) atoms. The minimum atomic E-state index is 0.0242. The summed E-state index contributed by atoms with van der Waals surface area (Å²) in [6.07, 6.45) is 9.38. The second kappa shape index (κ2) is 5.82. The molecular weight excluding hydrogens is 290 g/mol. The van der Waals surface area contributed by atoms with Crippen LogP contribution in [0.5, 0.6) is 0 Å². The van der Waals surface area contributed by atoms with Crippen molar-refractivity contribution < 1.29 is 4.74 Å². The van der Waals surface area contributed by atoms with Crippen molar-refractivity contribution in [2.24, 2.45) is 5.92 Å². The molecular formula is C17H27N5O. The quantitative estimate of drug-likeness (QED) is 0.660. The zero-order valence-electron chi connectivity index (χ0n) is 14.0. The number of aromatic nitrogens is 2. The number of guanidine groups is 1. The summed E-state index contributed by atoms with van der Waals surface area (Å²) < 4.78 is 8.46. The molecule has 126 valence electrons. The average Bonchev–Trinajstić information content (AvgIpc) is 3.44. The Hall–Kier alpha value is -1.56. The van der Waals surface area contributed by atoms with Crippen molar-refractivity contribution in [2.75, 3.05) is 13.1 Å². The minimum absolute atomic E-state index is 0.0242. The number of morpholine rings is 1. The molecule has 0 bridgehead atoms. The number of hydrogen-bond donors (Lipinski definition) is 2. The fourth-order valence-electron chi connectivity index (χ4n) is 3.31. The molecule has 6 nitrogen and oxygen atoms in total. The maximum Gasteiger partial charge on any atom is 0.191 e. The molecule has 2 aliphatic carbocycles. The number of rotatable bonds is 4. The summed E-state index contributed by atoms with van der Waals surface area (Å²) >= 11 is 0. The van der Waals surface area contributed by atoms with E-state index in [0.717, 1.165) is 18.7 Å². The predicted octanol–water partition coefficient (Wildman–Crippen LogP) is 2.30. The predicted molar refractivity (Wildman–Crippen MR) is 88.4 cm³/mol. The van der Waals surface area contributed by atoms with Crippen LogP contribution in [0, 0.1) is 11.3 Å². The van der Waals surface area contributed by atoms with E-state index in [0.29, 0.717) is 17.9 Å². The number of ether oxygens (including phenoxy) is 1. The Bertz CT molecular complexity index is 575. The molecule has 2 atom stereocenters. The molecule has 1 aromatic rings. The van der Waals surface area contributed by atoms with E-state index in [2.05, 4.69) is 40.0 Å². The van der Waals surface area contributed by atoms with Crippen LogP contribution in [0.15, 0.2) is 12.4 Å². The van der Waals surface area contributed by atoms with Gasteiger partial charge in [0.25, 0.3) is 0 Å². The Morgan fingerprint density at radius 2 is 2.09 bits per heavy atom. The maximum atomic E-state index is 8.34. The van der Waals surface area contributed by atoms with E-state index in [1.807, 2.05) is 6.20 Å². The molecule has 3 aliphatic rings. The molecule has 0 unspecified atom stereocenters. The zero-order valence-corrected chi connectivity index (χ0v) is 14.0. The van der Waals surface area contributed by atoms with Gasteiger partial charge in [-0.15, -0.1) is 0 Å². The molecule has 4 rings (SSSR count). The van der Waals surface area contributed by atoms with Crippen LogP contribution in [0.2, 0.25) is 0 Å². The molecule has 3 fully saturated rings. The molecule has 2 N–H and O–H groups in total. The van der Waals surface area contributed by atoms with Gasteiger partial charge in [0.05, 0.1) is 24.9 Å². The van der Waals surface area contributed by atoms with Gasteiger partial charge in [0.1, 0.15) is 6.10 Å². The lowest BCUT2D eigenvalue weighted by Crippen LogP contribution is -2.52.